The summed E-state index contributed by atoms with van der Waals surface area (Å²) in [6.45, 7) is 2.45. The highest BCUT2D eigenvalue weighted by molar-refractivity contribution is 5.96. The van der Waals surface area contributed by atoms with Crippen molar-refractivity contribution in [3.05, 3.63) is 60.3 Å². The van der Waals surface area contributed by atoms with E-state index in [-0.39, 0.29) is 18.0 Å². The maximum atomic E-state index is 13.5. The number of hydrogen-bond acceptors (Lipinski definition) is 6. The first-order chi connectivity index (χ1) is 14.2. The monoisotopic (exact) mass is 390 g/mol. The number of amides is 1. The zero-order chi connectivity index (χ0) is 19.8. The molecule has 3 aromatic heterocycles. The van der Waals surface area contributed by atoms with Gasteiger partial charge in [-0.15, -0.1) is 4.80 Å². The van der Waals surface area contributed by atoms with Gasteiger partial charge in [-0.25, -0.2) is 9.97 Å². The summed E-state index contributed by atoms with van der Waals surface area (Å²) in [5, 5.41) is 8.37. The van der Waals surface area contributed by atoms with Crippen LogP contribution in [0, 0.1) is 12.8 Å². The highest BCUT2D eigenvalue weighted by Gasteiger charge is 2.49. The van der Waals surface area contributed by atoms with Crippen LogP contribution in [0.3, 0.4) is 0 Å². The Morgan fingerprint density at radius 1 is 1.14 bits per heavy atom. The van der Waals surface area contributed by atoms with E-state index in [0.29, 0.717) is 29.8 Å². The number of rotatable bonds is 5. The van der Waals surface area contributed by atoms with Gasteiger partial charge in [-0.3, -0.25) is 4.79 Å². The molecule has 2 aliphatic rings. The van der Waals surface area contributed by atoms with E-state index < -0.39 is 0 Å². The van der Waals surface area contributed by atoms with E-state index in [4.69, 9.17) is 4.74 Å². The molecule has 2 saturated heterocycles. The van der Waals surface area contributed by atoms with E-state index in [1.165, 1.54) is 4.80 Å². The fourth-order valence-corrected chi connectivity index (χ4v) is 4.56. The third kappa shape index (κ3) is 3.24. The number of fused-ring (bicyclic) bond motifs is 2. The first-order valence-corrected chi connectivity index (χ1v) is 9.91. The van der Waals surface area contributed by atoms with Crippen LogP contribution < -0.4 is 4.74 Å². The molecule has 29 heavy (non-hydrogen) atoms. The number of ether oxygens (including phenoxy) is 1. The van der Waals surface area contributed by atoms with Crippen molar-refractivity contribution in [2.24, 2.45) is 5.92 Å². The number of carbonyl (C=O) groups excluding carboxylic acids is 1. The fourth-order valence-electron chi connectivity index (χ4n) is 4.56. The number of hydrogen-bond donors (Lipinski definition) is 0. The summed E-state index contributed by atoms with van der Waals surface area (Å²) in [5.41, 5.74) is 1.81. The number of carbonyl (C=O) groups is 1. The summed E-state index contributed by atoms with van der Waals surface area (Å²) in [5.74, 6) is 0.880. The third-order valence-corrected chi connectivity index (χ3v) is 5.83. The Bertz CT molecular complexity index is 1010. The molecule has 5 heterocycles. The summed E-state index contributed by atoms with van der Waals surface area (Å²) in [4.78, 5) is 25.8. The molecule has 0 spiro atoms. The molecular formula is C21H22N6O2. The second kappa shape index (κ2) is 7.27. The fraction of sp³-hybridized carbons (Fsp3) is 0.381. The normalized spacial score (nSPS) is 22.8. The van der Waals surface area contributed by atoms with Gasteiger partial charge < -0.3 is 9.64 Å². The van der Waals surface area contributed by atoms with Crippen LogP contribution in [-0.2, 0) is 0 Å². The average Bonchev–Trinajstić information content (AvgIpc) is 3.49. The van der Waals surface area contributed by atoms with Crippen molar-refractivity contribution in [1.82, 2.24) is 29.9 Å². The molecule has 0 unspecified atom stereocenters. The van der Waals surface area contributed by atoms with Crippen LogP contribution >= 0.6 is 0 Å². The lowest BCUT2D eigenvalue weighted by atomic mass is 9.90. The van der Waals surface area contributed by atoms with Crippen LogP contribution in [0.15, 0.2) is 48.9 Å². The zero-order valence-electron chi connectivity index (χ0n) is 16.2. The van der Waals surface area contributed by atoms with Gasteiger partial charge in [0.1, 0.15) is 5.69 Å². The van der Waals surface area contributed by atoms with Gasteiger partial charge in [0.05, 0.1) is 19.0 Å². The lowest BCUT2D eigenvalue weighted by Crippen LogP contribution is -2.38. The molecule has 5 rings (SSSR count). The lowest BCUT2D eigenvalue weighted by Gasteiger charge is -2.25. The van der Waals surface area contributed by atoms with Crippen LogP contribution in [0.1, 0.15) is 35.4 Å². The largest absolute Gasteiger partial charge is 0.477 e. The van der Waals surface area contributed by atoms with Crippen LogP contribution in [0.25, 0.3) is 5.69 Å². The molecule has 148 valence electrons. The molecule has 2 fully saturated rings. The van der Waals surface area contributed by atoms with Gasteiger partial charge in [0.2, 0.25) is 5.88 Å². The Morgan fingerprint density at radius 2 is 2.00 bits per heavy atom. The molecule has 0 aromatic carbocycles. The zero-order valence-corrected chi connectivity index (χ0v) is 16.2. The molecule has 0 saturated carbocycles. The highest BCUT2D eigenvalue weighted by atomic mass is 16.5. The lowest BCUT2D eigenvalue weighted by molar-refractivity contribution is 0.0703. The minimum absolute atomic E-state index is 0.0474. The van der Waals surface area contributed by atoms with Crippen molar-refractivity contribution >= 4 is 5.91 Å². The number of aryl methyl sites for hydroxylation is 1. The predicted molar refractivity (Wildman–Crippen MR) is 105 cm³/mol. The van der Waals surface area contributed by atoms with E-state index in [1.807, 2.05) is 42.2 Å². The van der Waals surface area contributed by atoms with Gasteiger partial charge in [0.25, 0.3) is 5.91 Å². The van der Waals surface area contributed by atoms with E-state index in [2.05, 4.69) is 20.2 Å². The molecule has 2 bridgehead atoms. The quantitative estimate of drug-likeness (QED) is 0.665. The van der Waals surface area contributed by atoms with Crippen LogP contribution in [0.4, 0.5) is 0 Å². The molecule has 1 amide bonds. The maximum Gasteiger partial charge on any atom is 0.275 e. The van der Waals surface area contributed by atoms with Gasteiger partial charge in [0, 0.05) is 36.0 Å². The minimum Gasteiger partial charge on any atom is -0.477 e. The number of pyridine rings is 2. The molecule has 3 atom stereocenters. The molecular weight excluding hydrogens is 368 g/mol. The van der Waals surface area contributed by atoms with Crippen molar-refractivity contribution in [2.75, 3.05) is 6.61 Å². The molecule has 0 N–H and O–H groups in total. The van der Waals surface area contributed by atoms with E-state index >= 15 is 0 Å². The Balaban J connectivity index is 1.38. The molecule has 3 aromatic rings. The van der Waals surface area contributed by atoms with Crippen molar-refractivity contribution < 1.29 is 9.53 Å². The van der Waals surface area contributed by atoms with Gasteiger partial charge in [-0.05, 0) is 44.4 Å². The molecule has 0 radical (unpaired) electrons. The standard InChI is InChI=1S/C21H22N6O2/c1-14-5-7-18(27-23-10-11-24-27)20(25-14)21(28)26-16-6-8-17(26)15(12-16)13-29-19-4-2-3-9-22-19/h2-5,7,9-11,15-17H,6,8,12-13H2,1H3/t15-,16-,17+/m0/s1. The average molecular weight is 390 g/mol. The maximum absolute atomic E-state index is 13.5. The molecule has 2 aliphatic heterocycles. The van der Waals surface area contributed by atoms with Crippen molar-refractivity contribution in [3.63, 3.8) is 0 Å². The summed E-state index contributed by atoms with van der Waals surface area (Å²) < 4.78 is 5.89. The third-order valence-electron chi connectivity index (χ3n) is 5.83. The van der Waals surface area contributed by atoms with Crippen molar-refractivity contribution in [1.29, 1.82) is 0 Å². The van der Waals surface area contributed by atoms with Crippen molar-refractivity contribution in [3.8, 4) is 11.6 Å². The number of aromatic nitrogens is 5. The van der Waals surface area contributed by atoms with Crippen molar-refractivity contribution in [2.45, 2.75) is 38.3 Å². The smallest absolute Gasteiger partial charge is 0.275 e. The second-order valence-electron chi connectivity index (χ2n) is 7.62. The van der Waals surface area contributed by atoms with E-state index in [9.17, 15) is 4.79 Å². The topological polar surface area (TPSA) is 86.0 Å². The summed E-state index contributed by atoms with van der Waals surface area (Å²) in [6, 6.07) is 9.75. The first-order valence-electron chi connectivity index (χ1n) is 9.91. The van der Waals surface area contributed by atoms with Crippen LogP contribution in [0.2, 0.25) is 0 Å². The van der Waals surface area contributed by atoms with Crippen LogP contribution in [-0.4, -0.2) is 54.5 Å². The predicted octanol–water partition coefficient (Wildman–Crippen LogP) is 2.44. The molecule has 8 nitrogen and oxygen atoms in total. The van der Waals surface area contributed by atoms with Gasteiger partial charge in [-0.2, -0.15) is 10.2 Å². The van der Waals surface area contributed by atoms with E-state index in [0.717, 1.165) is 25.0 Å². The summed E-state index contributed by atoms with van der Waals surface area (Å²) in [7, 11) is 0. The summed E-state index contributed by atoms with van der Waals surface area (Å²) >= 11 is 0. The van der Waals surface area contributed by atoms with Crippen LogP contribution in [0.5, 0.6) is 5.88 Å². The Morgan fingerprint density at radius 3 is 2.79 bits per heavy atom. The number of nitrogens with zero attached hydrogens (tertiary/aromatic N) is 6. The Hall–Kier alpha value is -3.29. The minimum atomic E-state index is -0.0474. The second-order valence-corrected chi connectivity index (χ2v) is 7.62. The SMILES string of the molecule is Cc1ccc(-n2nccn2)c(C(=O)N2[C@H]3CC[C@@H]2[C@H](COc2ccccn2)C3)n1. The van der Waals surface area contributed by atoms with Gasteiger partial charge >= 0.3 is 0 Å². The molecule has 0 aliphatic carbocycles. The summed E-state index contributed by atoms with van der Waals surface area (Å²) in [6.07, 6.45) is 7.88. The van der Waals surface area contributed by atoms with E-state index in [1.54, 1.807) is 18.6 Å². The first kappa shape index (κ1) is 17.8. The Labute approximate surface area is 168 Å². The molecule has 8 heteroatoms. The van der Waals surface area contributed by atoms with Gasteiger partial charge in [-0.1, -0.05) is 6.07 Å². The van der Waals surface area contributed by atoms with Gasteiger partial charge in [0.15, 0.2) is 5.69 Å². The Kier molecular flexibility index (Phi) is 4.46. The highest BCUT2D eigenvalue weighted by Crippen LogP contribution is 2.42.